The number of aliphatic carboxylic acids is 1. The first kappa shape index (κ1) is 19.4. The van der Waals surface area contributed by atoms with Crippen molar-refractivity contribution in [3.8, 4) is 0 Å². The molecule has 1 fully saturated rings. The molecule has 0 bridgehead atoms. The number of rotatable bonds is 9. The molecular formula is C18H29NO4. The second-order valence-corrected chi connectivity index (χ2v) is 6.46. The number of hydrogen-bond acceptors (Lipinski definition) is 3. The van der Waals surface area contributed by atoms with Crippen molar-refractivity contribution < 1.29 is 19.5 Å². The third kappa shape index (κ3) is 5.81. The van der Waals surface area contributed by atoms with Gasteiger partial charge in [0.1, 0.15) is 11.8 Å². The van der Waals surface area contributed by atoms with E-state index in [-0.39, 0.29) is 35.9 Å². The molecule has 0 spiro atoms. The minimum atomic E-state index is -1.00. The molecule has 5 heteroatoms. The maximum atomic E-state index is 12.2. The van der Waals surface area contributed by atoms with Crippen LogP contribution in [-0.4, -0.2) is 28.8 Å². The van der Waals surface area contributed by atoms with E-state index in [4.69, 9.17) is 0 Å². The highest BCUT2D eigenvalue weighted by Crippen LogP contribution is 2.34. The van der Waals surface area contributed by atoms with Gasteiger partial charge in [-0.15, -0.1) is 0 Å². The van der Waals surface area contributed by atoms with Gasteiger partial charge in [0, 0.05) is 18.8 Å². The molecule has 1 aliphatic carbocycles. The lowest BCUT2D eigenvalue weighted by molar-refractivity contribution is -0.143. The van der Waals surface area contributed by atoms with Crippen molar-refractivity contribution in [2.24, 2.45) is 17.8 Å². The van der Waals surface area contributed by atoms with E-state index in [2.05, 4.69) is 5.32 Å². The van der Waals surface area contributed by atoms with Crippen LogP contribution in [0.15, 0.2) is 12.2 Å². The van der Waals surface area contributed by atoms with Gasteiger partial charge in [0.15, 0.2) is 0 Å². The summed E-state index contributed by atoms with van der Waals surface area (Å²) >= 11 is 0. The molecular weight excluding hydrogens is 294 g/mol. The number of carbonyl (C=O) groups excluding carboxylic acids is 2. The van der Waals surface area contributed by atoms with Crippen LogP contribution in [0.5, 0.6) is 0 Å². The van der Waals surface area contributed by atoms with E-state index >= 15 is 0 Å². The molecule has 4 atom stereocenters. The van der Waals surface area contributed by atoms with Gasteiger partial charge < -0.3 is 10.4 Å². The van der Waals surface area contributed by atoms with Crippen LogP contribution in [0, 0.1) is 17.8 Å². The zero-order chi connectivity index (χ0) is 17.4. The summed E-state index contributed by atoms with van der Waals surface area (Å²) < 4.78 is 0. The van der Waals surface area contributed by atoms with Crippen molar-refractivity contribution in [2.75, 3.05) is 0 Å². The van der Waals surface area contributed by atoms with Gasteiger partial charge in [-0.2, -0.15) is 0 Å². The Hall–Kier alpha value is -1.65. The molecule has 1 saturated carbocycles. The third-order valence-electron chi connectivity index (χ3n) is 4.78. The quantitative estimate of drug-likeness (QED) is 0.639. The molecule has 0 aromatic heterocycles. The van der Waals surface area contributed by atoms with Gasteiger partial charge >= 0.3 is 5.97 Å². The number of carboxylic acids is 1. The zero-order valence-corrected chi connectivity index (χ0v) is 14.4. The minimum Gasteiger partial charge on any atom is -0.480 e. The molecule has 0 heterocycles. The number of ketones is 1. The van der Waals surface area contributed by atoms with Crippen molar-refractivity contribution in [2.45, 2.75) is 65.3 Å². The number of Topliss-reactive ketones (excluding diaryl/α,β-unsaturated/α-hetero) is 1. The van der Waals surface area contributed by atoms with Crippen molar-refractivity contribution in [1.29, 1.82) is 0 Å². The van der Waals surface area contributed by atoms with Crippen LogP contribution in [0.1, 0.15) is 59.3 Å². The largest absolute Gasteiger partial charge is 0.480 e. The molecule has 1 amide bonds. The third-order valence-corrected chi connectivity index (χ3v) is 4.78. The number of amides is 1. The Morgan fingerprint density at radius 1 is 1.35 bits per heavy atom. The summed E-state index contributed by atoms with van der Waals surface area (Å²) in [6.45, 7) is 5.76. The fourth-order valence-corrected chi connectivity index (χ4v) is 3.11. The number of nitrogens with one attached hydrogen (secondary N) is 1. The van der Waals surface area contributed by atoms with E-state index in [0.717, 1.165) is 12.8 Å². The zero-order valence-electron chi connectivity index (χ0n) is 14.4. The summed E-state index contributed by atoms with van der Waals surface area (Å²) in [5.74, 6) is -1.24. The fourth-order valence-electron chi connectivity index (χ4n) is 3.11. The maximum Gasteiger partial charge on any atom is 0.326 e. The summed E-state index contributed by atoms with van der Waals surface area (Å²) in [6.07, 6.45) is 7.82. The van der Waals surface area contributed by atoms with Crippen LogP contribution < -0.4 is 5.32 Å². The first-order chi connectivity index (χ1) is 10.9. The monoisotopic (exact) mass is 323 g/mol. The van der Waals surface area contributed by atoms with Gasteiger partial charge in [0.2, 0.25) is 5.91 Å². The van der Waals surface area contributed by atoms with Gasteiger partial charge in [0.05, 0.1) is 0 Å². The van der Waals surface area contributed by atoms with Crippen molar-refractivity contribution >= 4 is 17.7 Å². The Balaban J connectivity index is 2.62. The molecule has 0 saturated heterocycles. The average molecular weight is 323 g/mol. The van der Waals surface area contributed by atoms with E-state index < -0.39 is 12.0 Å². The van der Waals surface area contributed by atoms with E-state index in [1.54, 1.807) is 0 Å². The predicted octanol–water partition coefficient (Wildman–Crippen LogP) is 2.94. The summed E-state index contributed by atoms with van der Waals surface area (Å²) in [5.41, 5.74) is 0. The van der Waals surface area contributed by atoms with Crippen LogP contribution in [-0.2, 0) is 14.4 Å². The summed E-state index contributed by atoms with van der Waals surface area (Å²) in [6, 6.07) is -0.858. The molecule has 0 radical (unpaired) electrons. The lowest BCUT2D eigenvalue weighted by Gasteiger charge is -2.22. The number of carbonyl (C=O) groups is 3. The molecule has 23 heavy (non-hydrogen) atoms. The molecule has 0 aliphatic heterocycles. The maximum absolute atomic E-state index is 12.2. The van der Waals surface area contributed by atoms with Crippen molar-refractivity contribution in [3.05, 3.63) is 12.2 Å². The van der Waals surface area contributed by atoms with Crippen LogP contribution in [0.25, 0.3) is 0 Å². The smallest absolute Gasteiger partial charge is 0.326 e. The summed E-state index contributed by atoms with van der Waals surface area (Å²) in [4.78, 5) is 35.5. The van der Waals surface area contributed by atoms with Gasteiger partial charge in [-0.1, -0.05) is 39.3 Å². The number of carboxylic acid groups (broad SMARTS) is 1. The SMILES string of the molecule is CC/C=C\C[C@H]1C(=O)CC[C@H]1CC(=O)N[C@H](C(=O)O)[C@@H](C)CC. The van der Waals surface area contributed by atoms with Crippen LogP contribution in [0.4, 0.5) is 0 Å². The van der Waals surface area contributed by atoms with Crippen LogP contribution >= 0.6 is 0 Å². The topological polar surface area (TPSA) is 83.5 Å². The highest BCUT2D eigenvalue weighted by atomic mass is 16.4. The lowest BCUT2D eigenvalue weighted by atomic mass is 9.89. The second kappa shape index (κ2) is 9.48. The number of allylic oxidation sites excluding steroid dienone is 2. The minimum absolute atomic E-state index is 0.0235. The Kier molecular flexibility index (Phi) is 8.00. The molecule has 130 valence electrons. The molecule has 0 unspecified atom stereocenters. The van der Waals surface area contributed by atoms with E-state index in [9.17, 15) is 19.5 Å². The number of hydrogen-bond donors (Lipinski definition) is 2. The van der Waals surface area contributed by atoms with E-state index in [1.165, 1.54) is 0 Å². The summed E-state index contributed by atoms with van der Waals surface area (Å²) in [7, 11) is 0. The van der Waals surface area contributed by atoms with E-state index in [1.807, 2.05) is 32.9 Å². The highest BCUT2D eigenvalue weighted by molar-refractivity contribution is 5.87. The predicted molar refractivity (Wildman–Crippen MR) is 88.9 cm³/mol. The first-order valence-electron chi connectivity index (χ1n) is 8.60. The van der Waals surface area contributed by atoms with Gasteiger partial charge in [-0.05, 0) is 31.1 Å². The normalized spacial score (nSPS) is 23.9. The van der Waals surface area contributed by atoms with Crippen molar-refractivity contribution in [3.63, 3.8) is 0 Å². The van der Waals surface area contributed by atoms with E-state index in [0.29, 0.717) is 19.3 Å². The highest BCUT2D eigenvalue weighted by Gasteiger charge is 2.35. The molecule has 2 N–H and O–H groups in total. The fraction of sp³-hybridized carbons (Fsp3) is 0.722. The van der Waals surface area contributed by atoms with Gasteiger partial charge in [0.25, 0.3) is 0 Å². The Morgan fingerprint density at radius 3 is 2.61 bits per heavy atom. The molecule has 5 nitrogen and oxygen atoms in total. The first-order valence-corrected chi connectivity index (χ1v) is 8.60. The van der Waals surface area contributed by atoms with Crippen LogP contribution in [0.3, 0.4) is 0 Å². The Morgan fingerprint density at radius 2 is 2.04 bits per heavy atom. The Bertz CT molecular complexity index is 458. The summed E-state index contributed by atoms with van der Waals surface area (Å²) in [5, 5.41) is 11.9. The van der Waals surface area contributed by atoms with Gasteiger partial charge in [-0.25, -0.2) is 4.79 Å². The average Bonchev–Trinajstić information content (AvgIpc) is 2.84. The molecule has 0 aromatic carbocycles. The second-order valence-electron chi connectivity index (χ2n) is 6.46. The molecule has 1 aliphatic rings. The molecule has 1 rings (SSSR count). The lowest BCUT2D eigenvalue weighted by Crippen LogP contribution is -2.45. The Labute approximate surface area is 138 Å². The molecule has 0 aromatic rings. The van der Waals surface area contributed by atoms with Gasteiger partial charge in [-0.3, -0.25) is 9.59 Å². The van der Waals surface area contributed by atoms with Crippen molar-refractivity contribution in [1.82, 2.24) is 5.32 Å². The van der Waals surface area contributed by atoms with Crippen LogP contribution in [0.2, 0.25) is 0 Å². The standard InChI is InChI=1S/C18H29NO4/c1-4-6-7-8-14-13(9-10-15(14)20)11-16(21)19-17(18(22)23)12(3)5-2/h6-7,12-14,17H,4-5,8-11H2,1-3H3,(H,19,21)(H,22,23)/b7-6-/t12-,13-,14+,17-/m0/s1.